The first-order valence-corrected chi connectivity index (χ1v) is 11.9. The molecule has 1 aromatic rings. The van der Waals surface area contributed by atoms with E-state index in [1.165, 1.54) is 12.0 Å². The van der Waals surface area contributed by atoms with E-state index in [1.54, 1.807) is 0 Å². The molecule has 0 bridgehead atoms. The van der Waals surface area contributed by atoms with E-state index in [-0.39, 0.29) is 17.2 Å². The number of hydrogen-bond donors (Lipinski definition) is 1. The molecule has 6 nitrogen and oxygen atoms in total. The predicted molar refractivity (Wildman–Crippen MR) is 125 cm³/mol. The lowest BCUT2D eigenvalue weighted by Gasteiger charge is -2.32. The molecule has 2 amide bonds. The van der Waals surface area contributed by atoms with Gasteiger partial charge in [-0.05, 0) is 49.0 Å². The van der Waals surface area contributed by atoms with Crippen molar-refractivity contribution in [3.8, 4) is 0 Å². The Morgan fingerprint density at radius 2 is 1.77 bits per heavy atom. The van der Waals surface area contributed by atoms with Gasteiger partial charge in [-0.2, -0.15) is 0 Å². The molecular weight excluding hydrogens is 388 g/mol. The summed E-state index contributed by atoms with van der Waals surface area (Å²) >= 11 is 0. The molecule has 0 spiro atoms. The lowest BCUT2D eigenvalue weighted by atomic mass is 9.86. The number of benzene rings is 1. The number of likely N-dealkylation sites (tertiary alicyclic amines) is 1. The van der Waals surface area contributed by atoms with Crippen LogP contribution in [0.25, 0.3) is 0 Å². The molecule has 3 rings (SSSR count). The molecule has 0 unspecified atom stereocenters. The fourth-order valence-corrected chi connectivity index (χ4v) is 4.65. The third-order valence-corrected chi connectivity index (χ3v) is 6.69. The number of carbonyl (C=O) groups is 2. The maximum atomic E-state index is 13.4. The van der Waals surface area contributed by atoms with Gasteiger partial charge in [-0.15, -0.1) is 0 Å². The van der Waals surface area contributed by atoms with Crippen molar-refractivity contribution in [1.82, 2.24) is 20.0 Å². The minimum absolute atomic E-state index is 0.0384. The van der Waals surface area contributed by atoms with E-state index in [4.69, 9.17) is 0 Å². The Balaban J connectivity index is 1.71. The van der Waals surface area contributed by atoms with Crippen molar-refractivity contribution in [1.29, 1.82) is 0 Å². The van der Waals surface area contributed by atoms with Crippen LogP contribution in [0.1, 0.15) is 62.9 Å². The summed E-state index contributed by atoms with van der Waals surface area (Å²) in [5.74, 6) is 0.192. The lowest BCUT2D eigenvalue weighted by Crippen LogP contribution is -2.48. The maximum Gasteiger partial charge on any atom is 0.253 e. The van der Waals surface area contributed by atoms with Gasteiger partial charge in [0, 0.05) is 57.3 Å². The van der Waals surface area contributed by atoms with Crippen LogP contribution in [0.4, 0.5) is 0 Å². The summed E-state index contributed by atoms with van der Waals surface area (Å²) in [6, 6.07) is 8.40. The lowest BCUT2D eigenvalue weighted by molar-refractivity contribution is -0.132. The molecule has 2 aliphatic heterocycles. The van der Waals surface area contributed by atoms with Crippen molar-refractivity contribution in [2.75, 3.05) is 52.4 Å². The molecule has 31 heavy (non-hydrogen) atoms. The van der Waals surface area contributed by atoms with Gasteiger partial charge >= 0.3 is 0 Å². The van der Waals surface area contributed by atoms with Crippen LogP contribution in [-0.2, 0) is 10.2 Å². The number of likely N-dealkylation sites (N-methyl/N-ethyl adjacent to an activating group) is 1. The Kier molecular flexibility index (Phi) is 8.11. The van der Waals surface area contributed by atoms with Crippen molar-refractivity contribution in [2.24, 2.45) is 0 Å². The highest BCUT2D eigenvalue weighted by molar-refractivity contribution is 5.94. The van der Waals surface area contributed by atoms with E-state index >= 15 is 0 Å². The number of nitrogens with zero attached hydrogens (tertiary/aromatic N) is 3. The van der Waals surface area contributed by atoms with Crippen molar-refractivity contribution in [2.45, 2.75) is 58.4 Å². The molecule has 0 aromatic heterocycles. The first-order chi connectivity index (χ1) is 14.8. The third-order valence-electron chi connectivity index (χ3n) is 6.69. The Labute approximate surface area is 188 Å². The number of amides is 2. The second-order valence-electron chi connectivity index (χ2n) is 9.88. The van der Waals surface area contributed by atoms with Gasteiger partial charge in [0.05, 0.1) is 0 Å². The zero-order valence-electron chi connectivity index (χ0n) is 19.8. The van der Waals surface area contributed by atoms with E-state index in [0.717, 1.165) is 45.7 Å². The summed E-state index contributed by atoms with van der Waals surface area (Å²) in [6.07, 6.45) is 2.69. The van der Waals surface area contributed by atoms with Crippen LogP contribution >= 0.6 is 0 Å². The highest BCUT2D eigenvalue weighted by atomic mass is 16.2. The van der Waals surface area contributed by atoms with Crippen LogP contribution in [0.5, 0.6) is 0 Å². The minimum Gasteiger partial charge on any atom is -0.340 e. The topological polar surface area (TPSA) is 55.9 Å². The van der Waals surface area contributed by atoms with Gasteiger partial charge in [-0.25, -0.2) is 0 Å². The predicted octanol–water partition coefficient (Wildman–Crippen LogP) is 2.73. The fraction of sp³-hybridized carbons (Fsp3) is 0.680. The number of rotatable bonds is 7. The molecular formula is C25H40N4O2. The van der Waals surface area contributed by atoms with E-state index in [1.807, 2.05) is 21.9 Å². The molecule has 0 radical (unpaired) electrons. The third kappa shape index (κ3) is 6.30. The Hall–Kier alpha value is -1.92. The van der Waals surface area contributed by atoms with Crippen LogP contribution in [0, 0.1) is 0 Å². The van der Waals surface area contributed by atoms with Gasteiger partial charge in [-0.3, -0.25) is 14.5 Å². The first kappa shape index (κ1) is 23.7. The summed E-state index contributed by atoms with van der Waals surface area (Å²) in [6.45, 7) is 15.2. The van der Waals surface area contributed by atoms with Crippen LogP contribution < -0.4 is 5.32 Å². The van der Waals surface area contributed by atoms with E-state index in [0.29, 0.717) is 31.1 Å². The van der Waals surface area contributed by atoms with Gasteiger partial charge in [0.1, 0.15) is 0 Å². The highest BCUT2D eigenvalue weighted by Crippen LogP contribution is 2.23. The van der Waals surface area contributed by atoms with E-state index < -0.39 is 0 Å². The van der Waals surface area contributed by atoms with E-state index in [2.05, 4.69) is 50.0 Å². The van der Waals surface area contributed by atoms with Gasteiger partial charge in [0.2, 0.25) is 5.91 Å². The normalized spacial score (nSPS) is 20.1. The summed E-state index contributed by atoms with van der Waals surface area (Å²) in [4.78, 5) is 32.5. The second-order valence-corrected chi connectivity index (χ2v) is 9.88. The molecule has 1 atom stereocenters. The van der Waals surface area contributed by atoms with Gasteiger partial charge < -0.3 is 15.1 Å². The van der Waals surface area contributed by atoms with Crippen molar-refractivity contribution in [3.63, 3.8) is 0 Å². The van der Waals surface area contributed by atoms with Crippen LogP contribution in [0.15, 0.2) is 24.3 Å². The molecule has 172 valence electrons. The van der Waals surface area contributed by atoms with Crippen molar-refractivity contribution >= 4 is 11.8 Å². The van der Waals surface area contributed by atoms with Gasteiger partial charge in [-0.1, -0.05) is 39.8 Å². The van der Waals surface area contributed by atoms with Crippen LogP contribution in [-0.4, -0.2) is 84.9 Å². The Morgan fingerprint density at radius 1 is 1.10 bits per heavy atom. The summed E-state index contributed by atoms with van der Waals surface area (Å²) in [5.41, 5.74) is 1.99. The monoisotopic (exact) mass is 428 g/mol. The molecule has 2 fully saturated rings. The highest BCUT2D eigenvalue weighted by Gasteiger charge is 2.28. The average Bonchev–Trinajstić information content (AvgIpc) is 3.23. The molecule has 2 heterocycles. The number of piperazine rings is 1. The molecule has 0 saturated carbocycles. The first-order valence-electron chi connectivity index (χ1n) is 11.9. The fourth-order valence-electron chi connectivity index (χ4n) is 4.65. The Bertz CT molecular complexity index is 735. The molecule has 1 N–H and O–H groups in total. The standard InChI is InChI=1S/C25H40N4O2/c1-5-27-15-6-7-22(27)19-29(16-12-23(30)28-17-13-26-14-18-28)24(31)20-8-10-21(11-9-20)25(2,3)4/h8-11,22,26H,5-7,12-19H2,1-4H3/t22-/m0/s1. The van der Waals surface area contributed by atoms with Gasteiger partial charge in [0.15, 0.2) is 0 Å². The largest absolute Gasteiger partial charge is 0.340 e. The summed E-state index contributed by atoms with van der Waals surface area (Å²) in [5, 5.41) is 3.28. The number of nitrogens with one attached hydrogen (secondary N) is 1. The summed E-state index contributed by atoms with van der Waals surface area (Å²) < 4.78 is 0. The Morgan fingerprint density at radius 3 is 2.39 bits per heavy atom. The zero-order chi connectivity index (χ0) is 22.4. The number of carbonyl (C=O) groups excluding carboxylic acids is 2. The zero-order valence-corrected chi connectivity index (χ0v) is 19.8. The molecule has 2 saturated heterocycles. The summed E-state index contributed by atoms with van der Waals surface area (Å²) in [7, 11) is 0. The maximum absolute atomic E-state index is 13.4. The molecule has 6 heteroatoms. The second kappa shape index (κ2) is 10.6. The van der Waals surface area contributed by atoms with Crippen LogP contribution in [0.2, 0.25) is 0 Å². The average molecular weight is 429 g/mol. The van der Waals surface area contributed by atoms with Crippen LogP contribution in [0.3, 0.4) is 0 Å². The quantitative estimate of drug-likeness (QED) is 0.726. The van der Waals surface area contributed by atoms with Gasteiger partial charge in [0.25, 0.3) is 5.91 Å². The molecule has 2 aliphatic rings. The number of hydrogen-bond acceptors (Lipinski definition) is 4. The van der Waals surface area contributed by atoms with E-state index in [9.17, 15) is 9.59 Å². The molecule has 0 aliphatic carbocycles. The minimum atomic E-state index is 0.0384. The van der Waals surface area contributed by atoms with Crippen molar-refractivity contribution in [3.05, 3.63) is 35.4 Å². The smallest absolute Gasteiger partial charge is 0.253 e. The van der Waals surface area contributed by atoms with Crippen molar-refractivity contribution < 1.29 is 9.59 Å². The SMILES string of the molecule is CCN1CCC[C@H]1CN(CCC(=O)N1CCNCC1)C(=O)c1ccc(C(C)(C)C)cc1. The molecule has 1 aromatic carbocycles.